The molecule has 5 heteroatoms. The number of pyridine rings is 1. The molecule has 2 aromatic heterocycles. The summed E-state index contributed by atoms with van der Waals surface area (Å²) in [4.78, 5) is 12.5. The summed E-state index contributed by atoms with van der Waals surface area (Å²) in [6, 6.07) is 4.12. The number of thiazole rings is 1. The van der Waals surface area contributed by atoms with Crippen LogP contribution in [0, 0.1) is 0 Å². The van der Waals surface area contributed by atoms with Crippen molar-refractivity contribution in [3.8, 4) is 0 Å². The summed E-state index contributed by atoms with van der Waals surface area (Å²) in [7, 11) is 1.98. The van der Waals surface area contributed by atoms with Crippen molar-refractivity contribution in [3.63, 3.8) is 0 Å². The van der Waals surface area contributed by atoms with Crippen molar-refractivity contribution in [1.82, 2.24) is 15.3 Å². The van der Waals surface area contributed by atoms with Gasteiger partial charge in [0, 0.05) is 36.9 Å². The number of aromatic nitrogens is 2. The van der Waals surface area contributed by atoms with E-state index in [1.807, 2.05) is 19.4 Å². The molecule has 2 aromatic rings. The monoisotopic (exact) mass is 290 g/mol. The van der Waals surface area contributed by atoms with Gasteiger partial charge < -0.3 is 10.2 Å². The van der Waals surface area contributed by atoms with Gasteiger partial charge in [0.1, 0.15) is 0 Å². The first-order chi connectivity index (χ1) is 9.78. The van der Waals surface area contributed by atoms with Crippen LogP contribution in [0.4, 0.5) is 5.13 Å². The van der Waals surface area contributed by atoms with Crippen molar-refractivity contribution in [2.24, 2.45) is 0 Å². The van der Waals surface area contributed by atoms with Gasteiger partial charge in [-0.3, -0.25) is 4.98 Å². The van der Waals surface area contributed by atoms with Crippen molar-refractivity contribution >= 4 is 16.5 Å². The Hall–Kier alpha value is -1.46. The van der Waals surface area contributed by atoms with Gasteiger partial charge in [-0.05, 0) is 38.1 Å². The lowest BCUT2D eigenvalue weighted by atomic mass is 10.2. The summed E-state index contributed by atoms with van der Waals surface area (Å²) in [5.74, 6) is 0. The highest BCUT2D eigenvalue weighted by atomic mass is 32.1. The summed E-state index contributed by atoms with van der Waals surface area (Å²) in [5, 5.41) is 4.34. The molecule has 0 atom stereocenters. The third-order valence-electron chi connectivity index (χ3n) is 3.21. The zero-order valence-corrected chi connectivity index (χ0v) is 13.2. The van der Waals surface area contributed by atoms with Crippen LogP contribution in [0.1, 0.15) is 30.0 Å². The largest absolute Gasteiger partial charge is 0.344 e. The highest BCUT2D eigenvalue weighted by molar-refractivity contribution is 7.15. The van der Waals surface area contributed by atoms with Gasteiger partial charge >= 0.3 is 0 Å². The summed E-state index contributed by atoms with van der Waals surface area (Å²) >= 11 is 1.80. The predicted molar refractivity (Wildman–Crippen MR) is 85.2 cm³/mol. The molecular formula is C15H22N4S. The molecule has 0 fully saturated rings. The van der Waals surface area contributed by atoms with E-state index < -0.39 is 0 Å². The van der Waals surface area contributed by atoms with Crippen LogP contribution in [-0.2, 0) is 19.5 Å². The van der Waals surface area contributed by atoms with E-state index in [0.717, 1.165) is 31.2 Å². The smallest absolute Gasteiger partial charge is 0.186 e. The van der Waals surface area contributed by atoms with Crippen LogP contribution in [0.25, 0.3) is 0 Å². The Morgan fingerprint density at radius 1 is 1.25 bits per heavy atom. The Morgan fingerprint density at radius 2 is 2.00 bits per heavy atom. The van der Waals surface area contributed by atoms with Gasteiger partial charge in [-0.2, -0.15) is 0 Å². The topological polar surface area (TPSA) is 41.1 Å². The molecule has 0 unspecified atom stereocenters. The Kier molecular flexibility index (Phi) is 5.49. The van der Waals surface area contributed by atoms with Crippen LogP contribution < -0.4 is 10.2 Å². The Balaban J connectivity index is 2.18. The molecule has 2 heterocycles. The van der Waals surface area contributed by atoms with Crippen molar-refractivity contribution in [3.05, 3.63) is 40.7 Å². The predicted octanol–water partition coefficient (Wildman–Crippen LogP) is 2.85. The lowest BCUT2D eigenvalue weighted by molar-refractivity contribution is 0.806. The fourth-order valence-electron chi connectivity index (χ4n) is 2.10. The van der Waals surface area contributed by atoms with E-state index in [9.17, 15) is 0 Å². The van der Waals surface area contributed by atoms with E-state index in [0.29, 0.717) is 0 Å². The normalized spacial score (nSPS) is 10.8. The molecule has 108 valence electrons. The van der Waals surface area contributed by atoms with Gasteiger partial charge in [-0.1, -0.05) is 6.92 Å². The molecule has 0 radical (unpaired) electrons. The number of nitrogens with one attached hydrogen (secondary N) is 1. The van der Waals surface area contributed by atoms with Crippen molar-refractivity contribution in [1.29, 1.82) is 0 Å². The van der Waals surface area contributed by atoms with Crippen LogP contribution in [0.3, 0.4) is 0 Å². The second kappa shape index (κ2) is 7.36. The molecule has 0 bridgehead atoms. The molecule has 1 N–H and O–H groups in total. The molecule has 0 saturated carbocycles. The molecule has 20 heavy (non-hydrogen) atoms. The van der Waals surface area contributed by atoms with E-state index in [4.69, 9.17) is 4.98 Å². The second-order valence-corrected chi connectivity index (χ2v) is 5.68. The first kappa shape index (κ1) is 14.9. The highest BCUT2D eigenvalue weighted by Gasteiger charge is 2.14. The molecule has 0 aromatic carbocycles. The van der Waals surface area contributed by atoms with Crippen LogP contribution >= 0.6 is 11.3 Å². The van der Waals surface area contributed by atoms with E-state index in [-0.39, 0.29) is 0 Å². The van der Waals surface area contributed by atoms with Crippen LogP contribution in [0.15, 0.2) is 24.5 Å². The maximum Gasteiger partial charge on any atom is 0.186 e. The van der Waals surface area contributed by atoms with Crippen molar-refractivity contribution in [2.75, 3.05) is 18.5 Å². The number of nitrogens with zero attached hydrogens (tertiary/aromatic N) is 3. The van der Waals surface area contributed by atoms with E-state index in [1.54, 1.807) is 11.3 Å². The molecule has 0 aliphatic carbocycles. The van der Waals surface area contributed by atoms with Gasteiger partial charge in [0.15, 0.2) is 5.13 Å². The minimum Gasteiger partial charge on any atom is -0.344 e. The third kappa shape index (κ3) is 3.55. The SMILES string of the molecule is CCc1nc(N(CC)Cc2ccncc2)sc1CNC. The maximum atomic E-state index is 4.80. The van der Waals surface area contributed by atoms with Gasteiger partial charge in [-0.15, -0.1) is 11.3 Å². The number of hydrogen-bond donors (Lipinski definition) is 1. The zero-order chi connectivity index (χ0) is 14.4. The molecule has 0 aliphatic heterocycles. The molecule has 4 nitrogen and oxygen atoms in total. The first-order valence-corrected chi connectivity index (χ1v) is 7.87. The lowest BCUT2D eigenvalue weighted by Crippen LogP contribution is -2.21. The van der Waals surface area contributed by atoms with E-state index >= 15 is 0 Å². The Bertz CT molecular complexity index is 524. The maximum absolute atomic E-state index is 4.80. The summed E-state index contributed by atoms with van der Waals surface area (Å²) < 4.78 is 0. The Labute approximate surface area is 124 Å². The van der Waals surface area contributed by atoms with Crippen LogP contribution in [0.5, 0.6) is 0 Å². The molecular weight excluding hydrogens is 268 g/mol. The lowest BCUT2D eigenvalue weighted by Gasteiger charge is -2.19. The average Bonchev–Trinajstić information content (AvgIpc) is 2.89. The Morgan fingerprint density at radius 3 is 2.60 bits per heavy atom. The van der Waals surface area contributed by atoms with Gasteiger partial charge in [0.2, 0.25) is 0 Å². The molecule has 0 spiro atoms. The molecule has 2 rings (SSSR count). The minimum absolute atomic E-state index is 0.884. The number of hydrogen-bond acceptors (Lipinski definition) is 5. The van der Waals surface area contributed by atoms with Gasteiger partial charge in [0.25, 0.3) is 0 Å². The van der Waals surface area contributed by atoms with Gasteiger partial charge in [-0.25, -0.2) is 4.98 Å². The number of aryl methyl sites for hydroxylation is 1. The zero-order valence-electron chi connectivity index (χ0n) is 12.4. The molecule has 0 aliphatic rings. The molecule has 0 saturated heterocycles. The second-order valence-electron chi connectivity index (χ2n) is 4.62. The van der Waals surface area contributed by atoms with E-state index in [1.165, 1.54) is 16.1 Å². The summed E-state index contributed by atoms with van der Waals surface area (Å²) in [6.07, 6.45) is 4.67. The molecule has 0 amide bonds. The van der Waals surface area contributed by atoms with Gasteiger partial charge in [0.05, 0.1) is 5.69 Å². The fraction of sp³-hybridized carbons (Fsp3) is 0.467. The van der Waals surface area contributed by atoms with Crippen molar-refractivity contribution in [2.45, 2.75) is 33.4 Å². The highest BCUT2D eigenvalue weighted by Crippen LogP contribution is 2.27. The minimum atomic E-state index is 0.884. The number of rotatable bonds is 7. The summed E-state index contributed by atoms with van der Waals surface area (Å²) in [6.45, 7) is 7.07. The van der Waals surface area contributed by atoms with Crippen molar-refractivity contribution < 1.29 is 0 Å². The van der Waals surface area contributed by atoms with Crippen LogP contribution in [0.2, 0.25) is 0 Å². The third-order valence-corrected chi connectivity index (χ3v) is 4.37. The summed E-state index contributed by atoms with van der Waals surface area (Å²) in [5.41, 5.74) is 2.48. The average molecular weight is 290 g/mol. The quantitative estimate of drug-likeness (QED) is 0.851. The number of anilines is 1. The fourth-order valence-corrected chi connectivity index (χ4v) is 3.33. The van der Waals surface area contributed by atoms with E-state index in [2.05, 4.69) is 41.2 Å². The standard InChI is InChI=1S/C15H22N4S/c1-4-13-14(10-16-3)20-15(18-13)19(5-2)11-12-6-8-17-9-7-12/h6-9,16H,4-5,10-11H2,1-3H3. The van der Waals surface area contributed by atoms with Crippen LogP contribution in [-0.4, -0.2) is 23.6 Å². The first-order valence-electron chi connectivity index (χ1n) is 7.05.